The van der Waals surface area contributed by atoms with Crippen LogP contribution < -0.4 is 11.0 Å². The van der Waals surface area contributed by atoms with Crippen LogP contribution in [0.4, 0.5) is 5.82 Å². The molecule has 21 heavy (non-hydrogen) atoms. The molecule has 1 aromatic carbocycles. The molecule has 0 radical (unpaired) electrons. The highest BCUT2D eigenvalue weighted by Crippen LogP contribution is 2.25. The summed E-state index contributed by atoms with van der Waals surface area (Å²) in [5, 5.41) is 4.16. The Labute approximate surface area is 126 Å². The third kappa shape index (κ3) is 2.85. The van der Waals surface area contributed by atoms with Crippen LogP contribution in [0.25, 0.3) is 16.7 Å². The number of nitrogens with zero attached hydrogens (tertiary/aromatic N) is 4. The number of anilines is 1. The highest BCUT2D eigenvalue weighted by Gasteiger charge is 2.12. The predicted molar refractivity (Wildman–Crippen MR) is 88.5 cm³/mol. The van der Waals surface area contributed by atoms with E-state index in [2.05, 4.69) is 27.0 Å². The van der Waals surface area contributed by atoms with Gasteiger partial charge in [0.2, 0.25) is 0 Å². The maximum atomic E-state index is 12.3. The Morgan fingerprint density at radius 1 is 1.52 bits per heavy atom. The Kier molecular flexibility index (Phi) is 4.49. The molecule has 0 amide bonds. The average molecular weight is 304 g/mol. The van der Waals surface area contributed by atoms with Gasteiger partial charge in [-0.15, -0.1) is 0 Å². The lowest BCUT2D eigenvalue weighted by Crippen LogP contribution is -2.23. The molecule has 0 fully saturated rings. The minimum atomic E-state index is -0.477. The van der Waals surface area contributed by atoms with Crippen LogP contribution in [0.3, 0.4) is 0 Å². The first-order valence-corrected chi connectivity index (χ1v) is 6.55. The fourth-order valence-electron chi connectivity index (χ4n) is 1.97. The van der Waals surface area contributed by atoms with Crippen molar-refractivity contribution >= 4 is 47.1 Å². The van der Waals surface area contributed by atoms with Crippen molar-refractivity contribution in [3.8, 4) is 0 Å². The number of hydrogen-bond acceptors (Lipinski definition) is 5. The van der Waals surface area contributed by atoms with Gasteiger partial charge in [0.1, 0.15) is 5.82 Å². The van der Waals surface area contributed by atoms with E-state index in [1.54, 1.807) is 38.4 Å². The number of aliphatic imine (C=N–C) groups is 2. The zero-order valence-corrected chi connectivity index (χ0v) is 12.4. The van der Waals surface area contributed by atoms with Gasteiger partial charge < -0.3 is 5.32 Å². The molecule has 0 unspecified atom stereocenters. The fourth-order valence-corrected chi connectivity index (χ4v) is 2.14. The second kappa shape index (κ2) is 6.32. The van der Waals surface area contributed by atoms with E-state index in [1.807, 2.05) is 0 Å². The summed E-state index contributed by atoms with van der Waals surface area (Å²) in [6.45, 7) is 5.14. The highest BCUT2D eigenvalue weighted by molar-refractivity contribution is 6.31. The molecule has 0 aliphatic carbocycles. The molecule has 1 heterocycles. The highest BCUT2D eigenvalue weighted by atomic mass is 35.5. The molecule has 0 atom stereocenters. The Bertz CT molecular complexity index is 807. The van der Waals surface area contributed by atoms with Crippen LogP contribution in [0.15, 0.2) is 39.2 Å². The zero-order chi connectivity index (χ0) is 15.4. The molecule has 1 N–H and O–H groups in total. The molecule has 0 saturated heterocycles. The Morgan fingerprint density at radius 3 is 2.90 bits per heavy atom. The first-order valence-electron chi connectivity index (χ1n) is 6.17. The SMILES string of the molecule is C=N/C=C(\N=CC)n1c(=O)nc(NC)c2ccc(Cl)cc21. The van der Waals surface area contributed by atoms with Gasteiger partial charge in [0.15, 0.2) is 5.82 Å². The van der Waals surface area contributed by atoms with E-state index in [-0.39, 0.29) is 0 Å². The smallest absolute Gasteiger partial charge is 0.355 e. The van der Waals surface area contributed by atoms with E-state index >= 15 is 0 Å². The molecule has 2 aromatic rings. The molecule has 7 heteroatoms. The zero-order valence-electron chi connectivity index (χ0n) is 11.7. The van der Waals surface area contributed by atoms with Crippen molar-refractivity contribution < 1.29 is 0 Å². The minimum Gasteiger partial charge on any atom is -0.372 e. The number of rotatable bonds is 4. The normalized spacial score (nSPS) is 12.0. The van der Waals surface area contributed by atoms with E-state index in [9.17, 15) is 4.79 Å². The molecule has 2 rings (SSSR count). The van der Waals surface area contributed by atoms with Crippen LogP contribution >= 0.6 is 11.6 Å². The summed E-state index contributed by atoms with van der Waals surface area (Å²) in [6.07, 6.45) is 2.95. The molecule has 0 spiro atoms. The number of hydrogen-bond donors (Lipinski definition) is 1. The summed E-state index contributed by atoms with van der Waals surface area (Å²) in [6, 6.07) is 5.21. The van der Waals surface area contributed by atoms with E-state index in [4.69, 9.17) is 11.6 Å². The molecular weight excluding hydrogens is 290 g/mol. The Hall–Kier alpha value is -2.47. The van der Waals surface area contributed by atoms with Crippen molar-refractivity contribution in [3.63, 3.8) is 0 Å². The molecule has 0 aliphatic heterocycles. The minimum absolute atomic E-state index is 0.319. The second-order valence-corrected chi connectivity index (χ2v) is 4.48. The molecule has 6 nitrogen and oxygen atoms in total. The number of benzene rings is 1. The van der Waals surface area contributed by atoms with Gasteiger partial charge in [0.05, 0.1) is 11.7 Å². The Morgan fingerprint density at radius 2 is 2.29 bits per heavy atom. The maximum Gasteiger partial charge on any atom is 0.355 e. The number of halogens is 1. The quantitative estimate of drug-likeness (QED) is 0.883. The lowest BCUT2D eigenvalue weighted by molar-refractivity contribution is 0.963. The van der Waals surface area contributed by atoms with Crippen LogP contribution in [0.5, 0.6) is 0 Å². The van der Waals surface area contributed by atoms with Gasteiger partial charge in [0.25, 0.3) is 0 Å². The van der Waals surface area contributed by atoms with E-state index in [0.717, 1.165) is 5.39 Å². The molecule has 0 saturated carbocycles. The molecule has 108 valence electrons. The summed E-state index contributed by atoms with van der Waals surface area (Å²) >= 11 is 6.05. The van der Waals surface area contributed by atoms with E-state index < -0.39 is 5.69 Å². The predicted octanol–water partition coefficient (Wildman–Crippen LogP) is 2.64. The monoisotopic (exact) mass is 303 g/mol. The lowest BCUT2D eigenvalue weighted by Gasteiger charge is -2.12. The van der Waals surface area contributed by atoms with Crippen molar-refractivity contribution in [2.24, 2.45) is 9.98 Å². The van der Waals surface area contributed by atoms with Gasteiger partial charge >= 0.3 is 5.69 Å². The van der Waals surface area contributed by atoms with Gasteiger partial charge in [-0.2, -0.15) is 4.98 Å². The van der Waals surface area contributed by atoms with E-state index in [0.29, 0.717) is 22.2 Å². The van der Waals surface area contributed by atoms with Gasteiger partial charge in [-0.25, -0.2) is 14.4 Å². The standard InChI is InChI=1S/C14H14ClN5O/c1-4-18-12(8-16-2)20-11-7-9(15)5-6-10(11)13(17-3)19-14(20)21/h4-8H,2H2,1,3H3,(H,17,19,21)/b12-8+,18-4?. The van der Waals surface area contributed by atoms with Crippen molar-refractivity contribution in [1.29, 1.82) is 0 Å². The number of aromatic nitrogens is 2. The number of fused-ring (bicyclic) bond motifs is 1. The van der Waals surface area contributed by atoms with Gasteiger partial charge in [0, 0.05) is 23.7 Å². The lowest BCUT2D eigenvalue weighted by atomic mass is 10.2. The Balaban J connectivity index is 2.94. The topological polar surface area (TPSA) is 71.6 Å². The van der Waals surface area contributed by atoms with Crippen molar-refractivity contribution in [3.05, 3.63) is 39.9 Å². The maximum absolute atomic E-state index is 12.3. The third-order valence-electron chi connectivity index (χ3n) is 2.79. The van der Waals surface area contributed by atoms with E-state index in [1.165, 1.54) is 10.8 Å². The first-order chi connectivity index (χ1) is 10.1. The summed E-state index contributed by atoms with van der Waals surface area (Å²) < 4.78 is 1.34. The van der Waals surface area contributed by atoms with Crippen LogP contribution in [-0.2, 0) is 0 Å². The van der Waals surface area contributed by atoms with Crippen molar-refractivity contribution in [2.45, 2.75) is 6.92 Å². The molecule has 0 bridgehead atoms. The van der Waals surface area contributed by atoms with Gasteiger partial charge in [-0.3, -0.25) is 4.99 Å². The molecule has 0 aliphatic rings. The second-order valence-electron chi connectivity index (χ2n) is 4.05. The van der Waals surface area contributed by atoms with Gasteiger partial charge in [-0.1, -0.05) is 11.6 Å². The average Bonchev–Trinajstić information content (AvgIpc) is 2.46. The first kappa shape index (κ1) is 14.9. The van der Waals surface area contributed by atoms with Crippen LogP contribution in [0, 0.1) is 0 Å². The van der Waals surface area contributed by atoms with Gasteiger partial charge in [-0.05, 0) is 31.8 Å². The van der Waals surface area contributed by atoms with Crippen LogP contribution in [0.1, 0.15) is 6.92 Å². The van der Waals surface area contributed by atoms with Crippen LogP contribution in [0.2, 0.25) is 5.02 Å². The molecule has 1 aromatic heterocycles. The fraction of sp³-hybridized carbons (Fsp3) is 0.143. The van der Waals surface area contributed by atoms with Crippen LogP contribution in [-0.4, -0.2) is 29.5 Å². The summed E-state index contributed by atoms with van der Waals surface area (Å²) in [7, 11) is 1.70. The van der Waals surface area contributed by atoms with Crippen molar-refractivity contribution in [2.75, 3.05) is 12.4 Å². The van der Waals surface area contributed by atoms with Crippen molar-refractivity contribution in [1.82, 2.24) is 9.55 Å². The molecular formula is C14H14ClN5O. The number of nitrogens with one attached hydrogen (secondary N) is 1. The summed E-state index contributed by atoms with van der Waals surface area (Å²) in [5.41, 5.74) is 0.113. The third-order valence-corrected chi connectivity index (χ3v) is 3.02. The largest absolute Gasteiger partial charge is 0.372 e. The summed E-state index contributed by atoms with van der Waals surface area (Å²) in [4.78, 5) is 24.1. The summed E-state index contributed by atoms with van der Waals surface area (Å²) in [5.74, 6) is 0.800.